The summed E-state index contributed by atoms with van der Waals surface area (Å²) < 4.78 is 1.93. The first-order valence-electron chi connectivity index (χ1n) is 6.26. The predicted octanol–water partition coefficient (Wildman–Crippen LogP) is 2.25. The number of anilines is 1. The Morgan fingerprint density at radius 2 is 2.11 bits per heavy atom. The Kier molecular flexibility index (Phi) is 3.10. The van der Waals surface area contributed by atoms with Crippen molar-refractivity contribution in [2.24, 2.45) is 0 Å². The fourth-order valence-corrected chi connectivity index (χ4v) is 2.04. The molecule has 0 bridgehead atoms. The number of hydrogen-bond acceptors (Lipinski definition) is 4. The number of aryl methyl sites for hydroxylation is 1. The molecule has 0 spiro atoms. The molecule has 0 aliphatic carbocycles. The summed E-state index contributed by atoms with van der Waals surface area (Å²) in [5, 5.41) is 16.8. The Morgan fingerprint density at radius 3 is 2.95 bits per heavy atom. The highest BCUT2D eigenvalue weighted by Crippen LogP contribution is 2.19. The average Bonchev–Trinajstić information content (AvgIpc) is 2.85. The van der Waals surface area contributed by atoms with E-state index in [2.05, 4.69) is 20.6 Å². The van der Waals surface area contributed by atoms with E-state index in [4.69, 9.17) is 0 Å². The van der Waals surface area contributed by atoms with Crippen molar-refractivity contribution in [1.29, 1.82) is 0 Å². The molecule has 0 saturated heterocycles. The van der Waals surface area contributed by atoms with Crippen LogP contribution in [0.4, 0.5) is 5.69 Å². The average molecular weight is 253 g/mol. The minimum atomic E-state index is 0.802. The zero-order chi connectivity index (χ0) is 13.1. The molecule has 3 rings (SSSR count). The molecule has 0 aliphatic rings. The molecule has 0 aliphatic heterocycles. The fraction of sp³-hybridized carbons (Fsp3) is 0.214. The van der Waals surface area contributed by atoms with Gasteiger partial charge in [0.2, 0.25) is 0 Å². The highest BCUT2D eigenvalue weighted by molar-refractivity contribution is 5.90. The van der Waals surface area contributed by atoms with Crippen LogP contribution in [-0.4, -0.2) is 26.5 Å². The predicted molar refractivity (Wildman–Crippen MR) is 75.0 cm³/mol. The Hall–Kier alpha value is -2.43. The van der Waals surface area contributed by atoms with Crippen LogP contribution < -0.4 is 5.32 Å². The minimum absolute atomic E-state index is 0.802. The van der Waals surface area contributed by atoms with E-state index in [0.29, 0.717) is 0 Å². The van der Waals surface area contributed by atoms with Gasteiger partial charge in [-0.25, -0.2) is 0 Å². The van der Waals surface area contributed by atoms with E-state index in [1.807, 2.05) is 48.3 Å². The van der Waals surface area contributed by atoms with Crippen LogP contribution in [0.5, 0.6) is 0 Å². The van der Waals surface area contributed by atoms with E-state index < -0.39 is 0 Å². The van der Waals surface area contributed by atoms with Gasteiger partial charge in [-0.05, 0) is 18.6 Å². The van der Waals surface area contributed by atoms with Gasteiger partial charge in [-0.3, -0.25) is 4.68 Å². The molecule has 0 unspecified atom stereocenters. The maximum atomic E-state index is 4.26. The van der Waals surface area contributed by atoms with Crippen LogP contribution in [0.2, 0.25) is 0 Å². The number of nitrogens with one attached hydrogen (secondary N) is 1. The molecule has 2 aromatic heterocycles. The van der Waals surface area contributed by atoms with Gasteiger partial charge in [0, 0.05) is 18.1 Å². The van der Waals surface area contributed by atoms with Crippen LogP contribution >= 0.6 is 0 Å². The van der Waals surface area contributed by atoms with Crippen LogP contribution in [0.15, 0.2) is 42.9 Å². The third kappa shape index (κ3) is 2.54. The van der Waals surface area contributed by atoms with Crippen molar-refractivity contribution >= 4 is 16.6 Å². The molecular weight excluding hydrogens is 238 g/mol. The van der Waals surface area contributed by atoms with Crippen molar-refractivity contribution in [3.63, 3.8) is 0 Å². The lowest BCUT2D eigenvalue weighted by molar-refractivity contribution is 0.637. The second kappa shape index (κ2) is 5.06. The molecule has 0 amide bonds. The van der Waals surface area contributed by atoms with Gasteiger partial charge in [0.05, 0.1) is 30.1 Å². The number of fused-ring (bicyclic) bond motifs is 1. The summed E-state index contributed by atoms with van der Waals surface area (Å²) in [4.78, 5) is 0. The number of nitrogens with zero attached hydrogens (tertiary/aromatic N) is 4. The summed E-state index contributed by atoms with van der Waals surface area (Å²) in [5.41, 5.74) is 3.09. The zero-order valence-electron chi connectivity index (χ0n) is 10.7. The molecule has 19 heavy (non-hydrogen) atoms. The van der Waals surface area contributed by atoms with Crippen molar-refractivity contribution in [2.45, 2.75) is 13.5 Å². The van der Waals surface area contributed by atoms with E-state index in [9.17, 15) is 0 Å². The first kappa shape index (κ1) is 11.6. The molecule has 0 fully saturated rings. The van der Waals surface area contributed by atoms with Crippen LogP contribution in [0.3, 0.4) is 0 Å². The molecule has 0 radical (unpaired) electrons. The smallest absolute Gasteiger partial charge is 0.0950 e. The number of rotatable bonds is 4. The summed E-state index contributed by atoms with van der Waals surface area (Å²) in [7, 11) is 0. The standard InChI is InChI=1S/C14H15N5/c1-11-8-17-19(10-11)7-6-15-14-9-16-18-13-5-3-2-4-12(13)14/h2-5,8-10H,6-7H2,1H3,(H,15,18). The summed E-state index contributed by atoms with van der Waals surface area (Å²) in [6, 6.07) is 7.98. The first-order chi connectivity index (χ1) is 9.33. The lowest BCUT2D eigenvalue weighted by atomic mass is 10.2. The maximum Gasteiger partial charge on any atom is 0.0950 e. The van der Waals surface area contributed by atoms with E-state index in [1.54, 1.807) is 6.20 Å². The van der Waals surface area contributed by atoms with Gasteiger partial charge in [-0.2, -0.15) is 15.3 Å². The van der Waals surface area contributed by atoms with E-state index in [1.165, 1.54) is 5.56 Å². The Morgan fingerprint density at radius 1 is 1.21 bits per heavy atom. The van der Waals surface area contributed by atoms with Crippen molar-refractivity contribution < 1.29 is 0 Å². The quantitative estimate of drug-likeness (QED) is 0.774. The molecule has 1 N–H and O–H groups in total. The summed E-state index contributed by atoms with van der Waals surface area (Å²) in [6.45, 7) is 3.67. The second-order valence-corrected chi connectivity index (χ2v) is 4.48. The van der Waals surface area contributed by atoms with Gasteiger partial charge in [0.15, 0.2) is 0 Å². The van der Waals surface area contributed by atoms with Crippen LogP contribution in [-0.2, 0) is 6.54 Å². The van der Waals surface area contributed by atoms with Crippen molar-refractivity contribution in [2.75, 3.05) is 11.9 Å². The SMILES string of the molecule is Cc1cnn(CCNc2cnnc3ccccc23)c1. The molecule has 5 nitrogen and oxygen atoms in total. The Bertz CT molecular complexity index is 684. The largest absolute Gasteiger partial charge is 0.381 e. The zero-order valence-corrected chi connectivity index (χ0v) is 10.7. The first-order valence-corrected chi connectivity index (χ1v) is 6.26. The van der Waals surface area contributed by atoms with Crippen molar-refractivity contribution in [1.82, 2.24) is 20.0 Å². The fourth-order valence-electron chi connectivity index (χ4n) is 2.04. The molecule has 0 atom stereocenters. The van der Waals surface area contributed by atoms with Crippen molar-refractivity contribution in [3.05, 3.63) is 48.4 Å². The Labute approximate surface area is 111 Å². The lowest BCUT2D eigenvalue weighted by Crippen LogP contribution is -2.11. The summed E-state index contributed by atoms with van der Waals surface area (Å²) in [5.74, 6) is 0. The number of hydrogen-bond donors (Lipinski definition) is 1. The molecule has 3 aromatic rings. The van der Waals surface area contributed by atoms with Gasteiger partial charge >= 0.3 is 0 Å². The monoisotopic (exact) mass is 253 g/mol. The van der Waals surface area contributed by atoms with Crippen LogP contribution in [0, 0.1) is 6.92 Å². The van der Waals surface area contributed by atoms with Gasteiger partial charge in [0.25, 0.3) is 0 Å². The molecule has 2 heterocycles. The van der Waals surface area contributed by atoms with E-state index >= 15 is 0 Å². The summed E-state index contributed by atoms with van der Waals surface area (Å²) >= 11 is 0. The highest BCUT2D eigenvalue weighted by atomic mass is 15.3. The topological polar surface area (TPSA) is 55.6 Å². The molecular formula is C14H15N5. The van der Waals surface area contributed by atoms with E-state index in [-0.39, 0.29) is 0 Å². The van der Waals surface area contributed by atoms with Gasteiger partial charge in [0.1, 0.15) is 0 Å². The molecule has 0 saturated carbocycles. The highest BCUT2D eigenvalue weighted by Gasteiger charge is 2.01. The third-order valence-corrected chi connectivity index (χ3v) is 2.97. The number of benzene rings is 1. The Balaban J connectivity index is 1.71. The maximum absolute atomic E-state index is 4.26. The number of aromatic nitrogens is 4. The van der Waals surface area contributed by atoms with Crippen LogP contribution in [0.1, 0.15) is 5.56 Å². The van der Waals surface area contributed by atoms with Gasteiger partial charge < -0.3 is 5.32 Å². The molecule has 96 valence electrons. The van der Waals surface area contributed by atoms with Gasteiger partial charge in [-0.1, -0.05) is 18.2 Å². The molecule has 5 heteroatoms. The minimum Gasteiger partial charge on any atom is -0.381 e. The van der Waals surface area contributed by atoms with Crippen LogP contribution in [0.25, 0.3) is 10.9 Å². The lowest BCUT2D eigenvalue weighted by Gasteiger charge is -2.08. The van der Waals surface area contributed by atoms with Crippen molar-refractivity contribution in [3.8, 4) is 0 Å². The van der Waals surface area contributed by atoms with E-state index in [0.717, 1.165) is 29.7 Å². The second-order valence-electron chi connectivity index (χ2n) is 4.48. The molecule has 1 aromatic carbocycles. The summed E-state index contributed by atoms with van der Waals surface area (Å²) in [6.07, 6.45) is 5.66. The van der Waals surface area contributed by atoms with Gasteiger partial charge in [-0.15, -0.1) is 0 Å². The normalized spacial score (nSPS) is 10.8. The third-order valence-electron chi connectivity index (χ3n) is 2.97.